The highest BCUT2D eigenvalue weighted by Gasteiger charge is 2.33. The molecule has 0 amide bonds. The van der Waals surface area contributed by atoms with Crippen LogP contribution in [0.4, 0.5) is 0 Å². The highest BCUT2D eigenvalue weighted by atomic mass is 35.5. The smallest absolute Gasteiger partial charge is 0.0561 e. The molecule has 2 fully saturated rings. The van der Waals surface area contributed by atoms with Crippen molar-refractivity contribution in [3.05, 3.63) is 21.3 Å². The van der Waals surface area contributed by atoms with Crippen LogP contribution in [-0.4, -0.2) is 44.3 Å². The predicted molar refractivity (Wildman–Crippen MR) is 94.6 cm³/mol. The summed E-state index contributed by atoms with van der Waals surface area (Å²) in [6.07, 6.45) is 2.31. The molecule has 3 nitrogen and oxygen atoms in total. The number of thiophene rings is 1. The SMILES string of the molecule is Cl.Cl.Clc1ccsc1[C@H](C1CCOCC1)N1CCNCC1. The molecule has 1 N–H and O–H groups in total. The largest absolute Gasteiger partial charge is 0.381 e. The summed E-state index contributed by atoms with van der Waals surface area (Å²) in [6.45, 7) is 6.21. The Kier molecular flexibility index (Phi) is 8.87. The Hall–Kier alpha value is 0.450. The van der Waals surface area contributed by atoms with Crippen molar-refractivity contribution in [1.82, 2.24) is 10.2 Å². The third-order valence-electron chi connectivity index (χ3n) is 4.17. The van der Waals surface area contributed by atoms with E-state index >= 15 is 0 Å². The third kappa shape index (κ3) is 4.71. The molecule has 3 rings (SSSR count). The van der Waals surface area contributed by atoms with E-state index in [4.69, 9.17) is 16.3 Å². The lowest BCUT2D eigenvalue weighted by Gasteiger charge is -2.40. The summed E-state index contributed by atoms with van der Waals surface area (Å²) in [5.41, 5.74) is 0. The first kappa shape index (κ1) is 19.5. The molecule has 21 heavy (non-hydrogen) atoms. The van der Waals surface area contributed by atoms with E-state index in [-0.39, 0.29) is 24.8 Å². The maximum atomic E-state index is 6.41. The van der Waals surface area contributed by atoms with E-state index in [0.717, 1.165) is 57.3 Å². The molecular weight excluding hydrogens is 351 g/mol. The van der Waals surface area contributed by atoms with Gasteiger partial charge in [0.05, 0.1) is 5.02 Å². The van der Waals surface area contributed by atoms with Crippen molar-refractivity contribution < 1.29 is 4.74 Å². The molecule has 3 heterocycles. The molecule has 0 spiro atoms. The van der Waals surface area contributed by atoms with Crippen molar-refractivity contribution in [2.45, 2.75) is 18.9 Å². The zero-order valence-electron chi connectivity index (χ0n) is 11.9. The molecule has 2 saturated heterocycles. The second kappa shape index (κ2) is 9.56. The molecule has 1 atom stereocenters. The Morgan fingerprint density at radius 3 is 2.48 bits per heavy atom. The molecule has 0 radical (unpaired) electrons. The van der Waals surface area contributed by atoms with E-state index < -0.39 is 0 Å². The highest BCUT2D eigenvalue weighted by molar-refractivity contribution is 7.10. The van der Waals surface area contributed by atoms with Crippen molar-refractivity contribution in [1.29, 1.82) is 0 Å². The molecule has 2 aliphatic rings. The Morgan fingerprint density at radius 1 is 1.24 bits per heavy atom. The van der Waals surface area contributed by atoms with Crippen LogP contribution in [0.1, 0.15) is 23.8 Å². The molecule has 1 aromatic heterocycles. The molecule has 0 unspecified atom stereocenters. The number of nitrogens with one attached hydrogen (secondary N) is 1. The topological polar surface area (TPSA) is 24.5 Å². The molecule has 7 heteroatoms. The van der Waals surface area contributed by atoms with E-state index in [2.05, 4.69) is 15.6 Å². The summed E-state index contributed by atoms with van der Waals surface area (Å²) >= 11 is 8.22. The highest BCUT2D eigenvalue weighted by Crippen LogP contribution is 2.41. The van der Waals surface area contributed by atoms with Crippen LogP contribution >= 0.6 is 47.8 Å². The van der Waals surface area contributed by atoms with Gasteiger partial charge in [0.2, 0.25) is 0 Å². The summed E-state index contributed by atoms with van der Waals surface area (Å²) in [7, 11) is 0. The van der Waals surface area contributed by atoms with Crippen LogP contribution in [-0.2, 0) is 4.74 Å². The minimum Gasteiger partial charge on any atom is -0.381 e. The first-order valence-corrected chi connectivity index (χ1v) is 8.37. The van der Waals surface area contributed by atoms with Gasteiger partial charge in [-0.3, -0.25) is 4.90 Å². The fraction of sp³-hybridized carbons (Fsp3) is 0.714. The number of rotatable bonds is 3. The number of nitrogens with zero attached hydrogens (tertiary/aromatic N) is 1. The molecule has 1 aromatic rings. The molecular formula is C14H23Cl3N2OS. The Labute approximate surface area is 148 Å². The van der Waals surface area contributed by atoms with Gasteiger partial charge in [-0.15, -0.1) is 36.2 Å². The van der Waals surface area contributed by atoms with E-state index in [0.29, 0.717) is 12.0 Å². The first-order valence-electron chi connectivity index (χ1n) is 7.11. The normalized spacial score (nSPS) is 22.1. The van der Waals surface area contributed by atoms with Gasteiger partial charge in [0.25, 0.3) is 0 Å². The quantitative estimate of drug-likeness (QED) is 0.876. The van der Waals surface area contributed by atoms with Crippen molar-refractivity contribution in [2.75, 3.05) is 39.4 Å². The predicted octanol–water partition coefficient (Wildman–Crippen LogP) is 3.62. The summed E-state index contributed by atoms with van der Waals surface area (Å²) in [5, 5.41) is 6.50. The lowest BCUT2D eigenvalue weighted by atomic mass is 9.89. The van der Waals surface area contributed by atoms with Gasteiger partial charge in [-0.05, 0) is 30.2 Å². The minimum atomic E-state index is 0. The minimum absolute atomic E-state index is 0. The van der Waals surface area contributed by atoms with Gasteiger partial charge in [-0.1, -0.05) is 11.6 Å². The van der Waals surface area contributed by atoms with Gasteiger partial charge in [-0.25, -0.2) is 0 Å². The third-order valence-corrected chi connectivity index (χ3v) is 5.60. The average molecular weight is 374 g/mol. The number of piperazine rings is 1. The average Bonchev–Trinajstić information content (AvgIpc) is 2.88. The molecule has 0 aliphatic carbocycles. The van der Waals surface area contributed by atoms with Gasteiger partial charge in [-0.2, -0.15) is 0 Å². The van der Waals surface area contributed by atoms with Crippen LogP contribution in [0.25, 0.3) is 0 Å². The standard InChI is InChI=1S/C14H21ClN2OS.2ClH/c15-12-3-10-19-14(12)13(11-1-8-18-9-2-11)17-6-4-16-5-7-17;;/h3,10-11,13,16H,1-2,4-9H2;2*1H/t13-;;/m0../s1. The Morgan fingerprint density at radius 2 is 1.90 bits per heavy atom. The molecule has 0 bridgehead atoms. The van der Waals surface area contributed by atoms with Gasteiger partial charge in [0, 0.05) is 50.3 Å². The van der Waals surface area contributed by atoms with Crippen LogP contribution < -0.4 is 5.32 Å². The van der Waals surface area contributed by atoms with Gasteiger partial charge < -0.3 is 10.1 Å². The summed E-state index contributed by atoms with van der Waals surface area (Å²) in [4.78, 5) is 3.97. The van der Waals surface area contributed by atoms with E-state index in [1.165, 1.54) is 4.88 Å². The zero-order valence-corrected chi connectivity index (χ0v) is 15.1. The molecule has 0 saturated carbocycles. The first-order chi connectivity index (χ1) is 9.36. The molecule has 122 valence electrons. The van der Waals surface area contributed by atoms with E-state index in [1.807, 2.05) is 17.4 Å². The Bertz CT molecular complexity index is 389. The van der Waals surface area contributed by atoms with Gasteiger partial charge >= 0.3 is 0 Å². The second-order valence-corrected chi connectivity index (χ2v) is 6.67. The maximum Gasteiger partial charge on any atom is 0.0561 e. The fourth-order valence-electron chi connectivity index (χ4n) is 3.19. The number of halogens is 3. The number of hydrogen-bond acceptors (Lipinski definition) is 4. The molecule has 2 aliphatic heterocycles. The van der Waals surface area contributed by atoms with E-state index in [1.54, 1.807) is 0 Å². The number of ether oxygens (including phenoxy) is 1. The second-order valence-electron chi connectivity index (χ2n) is 5.31. The van der Waals surface area contributed by atoms with Crippen molar-refractivity contribution in [3.8, 4) is 0 Å². The van der Waals surface area contributed by atoms with Crippen molar-refractivity contribution in [2.24, 2.45) is 5.92 Å². The summed E-state index contributed by atoms with van der Waals surface area (Å²) < 4.78 is 5.52. The number of hydrogen-bond donors (Lipinski definition) is 1. The summed E-state index contributed by atoms with van der Waals surface area (Å²) in [5.74, 6) is 0.683. The van der Waals surface area contributed by atoms with E-state index in [9.17, 15) is 0 Å². The lowest BCUT2D eigenvalue weighted by Crippen LogP contribution is -2.47. The van der Waals surface area contributed by atoms with Crippen molar-refractivity contribution in [3.63, 3.8) is 0 Å². The van der Waals surface area contributed by atoms with Gasteiger partial charge in [0.15, 0.2) is 0 Å². The van der Waals surface area contributed by atoms with Crippen LogP contribution in [0, 0.1) is 5.92 Å². The van der Waals surface area contributed by atoms with Crippen LogP contribution in [0.3, 0.4) is 0 Å². The van der Waals surface area contributed by atoms with Crippen molar-refractivity contribution >= 4 is 47.8 Å². The maximum absolute atomic E-state index is 6.41. The Balaban J connectivity index is 0.00000110. The van der Waals surface area contributed by atoms with Crippen LogP contribution in [0.15, 0.2) is 11.4 Å². The van der Waals surface area contributed by atoms with Gasteiger partial charge in [0.1, 0.15) is 0 Å². The van der Waals surface area contributed by atoms with Crippen LogP contribution in [0.5, 0.6) is 0 Å². The summed E-state index contributed by atoms with van der Waals surface area (Å²) in [6, 6.07) is 2.52. The lowest BCUT2D eigenvalue weighted by molar-refractivity contribution is 0.0223. The zero-order chi connectivity index (χ0) is 13.1. The fourth-order valence-corrected chi connectivity index (χ4v) is 4.58. The monoisotopic (exact) mass is 372 g/mol. The van der Waals surface area contributed by atoms with Crippen LogP contribution in [0.2, 0.25) is 5.02 Å². The molecule has 0 aromatic carbocycles.